The van der Waals surface area contributed by atoms with Gasteiger partial charge in [0.1, 0.15) is 12.1 Å². The van der Waals surface area contributed by atoms with Crippen LogP contribution in [-0.4, -0.2) is 28.8 Å². The second-order valence-corrected chi connectivity index (χ2v) is 2.03. The summed E-state index contributed by atoms with van der Waals surface area (Å²) in [5, 5.41) is 16.6. The third-order valence-corrected chi connectivity index (χ3v) is 1.19. The Labute approximate surface area is 88.5 Å². The molecule has 1 rings (SSSR count). The van der Waals surface area contributed by atoms with Gasteiger partial charge in [-0.15, -0.1) is 0 Å². The number of nitrogens with zero attached hydrogens (tertiary/aromatic N) is 3. The van der Waals surface area contributed by atoms with E-state index in [4.69, 9.17) is 10.5 Å². The Hall–Kier alpha value is -1.42. The number of imidazole rings is 1. The van der Waals surface area contributed by atoms with Gasteiger partial charge in [-0.2, -0.15) is 23.7 Å². The standard InChI is InChI=1S/C6HF3N4.Li.H/c7-6(8,9)5-12-3(1-10)4(2-11)13-5;;/h(H,12,13);;. The maximum absolute atomic E-state index is 11.9. The Morgan fingerprint density at radius 2 is 1.79 bits per heavy atom. The zero-order chi connectivity index (χ0) is 10.1. The Balaban J connectivity index is 0.00000169. The molecule has 68 valence electrons. The molecule has 0 bridgehead atoms. The average molecular weight is 194 g/mol. The van der Waals surface area contributed by atoms with E-state index in [-0.39, 0.29) is 18.9 Å². The van der Waals surface area contributed by atoms with E-state index in [2.05, 4.69) is 4.98 Å². The number of hydrogen-bond donors (Lipinski definition) is 1. The Morgan fingerprint density at radius 3 is 2.07 bits per heavy atom. The van der Waals surface area contributed by atoms with Crippen molar-refractivity contribution in [2.45, 2.75) is 6.18 Å². The van der Waals surface area contributed by atoms with E-state index in [0.717, 1.165) is 0 Å². The van der Waals surface area contributed by atoms with Crippen molar-refractivity contribution < 1.29 is 13.2 Å². The number of hydrogen-bond acceptors (Lipinski definition) is 3. The van der Waals surface area contributed by atoms with Gasteiger partial charge in [0.15, 0.2) is 11.4 Å². The number of rotatable bonds is 0. The van der Waals surface area contributed by atoms with Gasteiger partial charge in [0, 0.05) is 0 Å². The minimum absolute atomic E-state index is 0. The summed E-state index contributed by atoms with van der Waals surface area (Å²) in [7, 11) is 0. The first-order valence-electron chi connectivity index (χ1n) is 2.96. The second kappa shape index (κ2) is 4.19. The van der Waals surface area contributed by atoms with Crippen LogP contribution in [-0.2, 0) is 6.18 Å². The fraction of sp³-hybridized carbons (Fsp3) is 0.167. The number of aromatic nitrogens is 2. The molecule has 0 amide bonds. The van der Waals surface area contributed by atoms with Gasteiger partial charge in [0.2, 0.25) is 5.82 Å². The molecule has 1 aromatic rings. The van der Waals surface area contributed by atoms with E-state index < -0.39 is 23.4 Å². The molecular weight excluding hydrogens is 192 g/mol. The van der Waals surface area contributed by atoms with Crippen LogP contribution < -0.4 is 0 Å². The number of alkyl halides is 3. The summed E-state index contributed by atoms with van der Waals surface area (Å²) in [4.78, 5) is 4.61. The molecule has 14 heavy (non-hydrogen) atoms. The van der Waals surface area contributed by atoms with Gasteiger partial charge in [-0.1, -0.05) is 0 Å². The van der Waals surface area contributed by atoms with Crippen LogP contribution in [0, 0.1) is 22.7 Å². The van der Waals surface area contributed by atoms with E-state index in [1.54, 1.807) is 4.98 Å². The Kier molecular flexibility index (Phi) is 3.77. The van der Waals surface area contributed by atoms with Crippen molar-refractivity contribution in [1.82, 2.24) is 9.97 Å². The zero-order valence-electron chi connectivity index (χ0n) is 5.98. The van der Waals surface area contributed by atoms with Crippen molar-refractivity contribution in [3.63, 3.8) is 0 Å². The number of nitrogens with one attached hydrogen (secondary N) is 1. The first kappa shape index (κ1) is 12.6. The Morgan fingerprint density at radius 1 is 1.21 bits per heavy atom. The van der Waals surface area contributed by atoms with E-state index >= 15 is 0 Å². The molecule has 0 aliphatic rings. The van der Waals surface area contributed by atoms with Gasteiger partial charge in [-0.05, 0) is 0 Å². The topological polar surface area (TPSA) is 76.3 Å². The van der Waals surface area contributed by atoms with Crippen molar-refractivity contribution in [2.24, 2.45) is 0 Å². The zero-order valence-corrected chi connectivity index (χ0v) is 5.98. The van der Waals surface area contributed by atoms with Gasteiger partial charge in [-0.25, -0.2) is 4.98 Å². The molecule has 0 fully saturated rings. The summed E-state index contributed by atoms with van der Waals surface area (Å²) in [5.41, 5.74) is -1.02. The molecule has 1 aromatic heterocycles. The van der Waals surface area contributed by atoms with Crippen LogP contribution in [0.4, 0.5) is 13.2 Å². The molecule has 4 nitrogen and oxygen atoms in total. The van der Waals surface area contributed by atoms with Gasteiger partial charge in [-0.3, -0.25) is 0 Å². The maximum atomic E-state index is 11.9. The SMILES string of the molecule is N#Cc1nc(C(F)(F)F)[nH]c1C#N.[LiH]. The van der Waals surface area contributed by atoms with Crippen molar-refractivity contribution in [3.8, 4) is 12.1 Å². The fourth-order valence-electron chi connectivity index (χ4n) is 0.669. The Bertz CT molecular complexity index is 377. The monoisotopic (exact) mass is 194 g/mol. The van der Waals surface area contributed by atoms with Crippen LogP contribution in [0.1, 0.15) is 17.2 Å². The van der Waals surface area contributed by atoms with Gasteiger partial charge in [0.05, 0.1) is 0 Å². The van der Waals surface area contributed by atoms with Gasteiger partial charge in [0.25, 0.3) is 0 Å². The average Bonchev–Trinajstić information content (AvgIpc) is 2.45. The molecule has 0 aromatic carbocycles. The normalized spacial score (nSPS) is 9.79. The van der Waals surface area contributed by atoms with Crippen LogP contribution in [0.5, 0.6) is 0 Å². The molecular formula is C6H2F3LiN4. The molecule has 1 heterocycles. The van der Waals surface area contributed by atoms with Crippen LogP contribution >= 0.6 is 0 Å². The third kappa shape index (κ3) is 2.29. The fourth-order valence-corrected chi connectivity index (χ4v) is 0.669. The summed E-state index contributed by atoms with van der Waals surface area (Å²) in [6.07, 6.45) is -4.67. The van der Waals surface area contributed by atoms with E-state index in [1.165, 1.54) is 12.1 Å². The van der Waals surface area contributed by atoms with E-state index in [0.29, 0.717) is 0 Å². The van der Waals surface area contributed by atoms with Gasteiger partial charge >= 0.3 is 25.0 Å². The minimum atomic E-state index is -4.67. The predicted molar refractivity (Wildman–Crippen MR) is 40.2 cm³/mol. The molecule has 0 atom stereocenters. The molecule has 0 saturated carbocycles. The second-order valence-electron chi connectivity index (χ2n) is 2.03. The van der Waals surface area contributed by atoms with Crippen LogP contribution in [0.15, 0.2) is 0 Å². The van der Waals surface area contributed by atoms with E-state index in [1.807, 2.05) is 0 Å². The molecule has 1 N–H and O–H groups in total. The first-order valence-corrected chi connectivity index (χ1v) is 2.96. The molecule has 0 saturated heterocycles. The van der Waals surface area contributed by atoms with Crippen LogP contribution in [0.25, 0.3) is 0 Å². The summed E-state index contributed by atoms with van der Waals surface area (Å²) < 4.78 is 35.8. The quantitative estimate of drug-likeness (QED) is 0.611. The summed E-state index contributed by atoms with van der Waals surface area (Å²) >= 11 is 0. The number of aromatic amines is 1. The number of H-pyrrole nitrogens is 1. The van der Waals surface area contributed by atoms with Crippen molar-refractivity contribution >= 4 is 18.9 Å². The molecule has 0 radical (unpaired) electrons. The number of halogens is 3. The van der Waals surface area contributed by atoms with Crippen molar-refractivity contribution in [2.75, 3.05) is 0 Å². The molecule has 8 heteroatoms. The van der Waals surface area contributed by atoms with Crippen LogP contribution in [0.2, 0.25) is 0 Å². The molecule has 0 aliphatic heterocycles. The molecule has 0 spiro atoms. The number of nitriles is 2. The summed E-state index contributed by atoms with van der Waals surface area (Å²) in [6.45, 7) is 0. The van der Waals surface area contributed by atoms with Gasteiger partial charge < -0.3 is 4.98 Å². The summed E-state index contributed by atoms with van der Waals surface area (Å²) in [5.74, 6) is -1.33. The van der Waals surface area contributed by atoms with Crippen LogP contribution in [0.3, 0.4) is 0 Å². The summed E-state index contributed by atoms with van der Waals surface area (Å²) in [6, 6.07) is 2.77. The first-order chi connectivity index (χ1) is 5.99. The predicted octanol–water partition coefficient (Wildman–Crippen LogP) is 0.523. The third-order valence-electron chi connectivity index (χ3n) is 1.19. The van der Waals surface area contributed by atoms with Crippen molar-refractivity contribution in [1.29, 1.82) is 10.5 Å². The van der Waals surface area contributed by atoms with Crippen molar-refractivity contribution in [3.05, 3.63) is 17.2 Å². The van der Waals surface area contributed by atoms with E-state index in [9.17, 15) is 13.2 Å². The molecule has 0 aliphatic carbocycles. The molecule has 0 unspecified atom stereocenters.